The second kappa shape index (κ2) is 8.04. The van der Waals surface area contributed by atoms with E-state index in [0.717, 1.165) is 41.0 Å². The van der Waals surface area contributed by atoms with Gasteiger partial charge < -0.3 is 14.6 Å². The summed E-state index contributed by atoms with van der Waals surface area (Å²) in [6.07, 6.45) is 4.15. The van der Waals surface area contributed by atoms with Crippen molar-refractivity contribution in [1.29, 1.82) is 0 Å². The first-order valence-electron chi connectivity index (χ1n) is 10.9. The second-order valence-corrected chi connectivity index (χ2v) is 8.84. The Morgan fingerprint density at radius 2 is 2.06 bits per heavy atom. The Bertz CT molecular complexity index is 1070. The van der Waals surface area contributed by atoms with Crippen LogP contribution in [0.3, 0.4) is 0 Å². The number of pyridine rings is 1. The Kier molecular flexibility index (Phi) is 5.56. The van der Waals surface area contributed by atoms with Crippen LogP contribution in [0.1, 0.15) is 67.6 Å². The highest BCUT2D eigenvalue weighted by Gasteiger charge is 2.45. The predicted octanol–water partition coefficient (Wildman–Crippen LogP) is 3.33. The Morgan fingerprint density at radius 3 is 2.77 bits per heavy atom. The summed E-state index contributed by atoms with van der Waals surface area (Å²) in [7, 11) is 0. The standard InChI is InChI=1S/C24H30N2O5/c1-5-30-23(29)18-14-25-20(13-21(18)28)16-11-15(2)22(31-10-6-9-27)12-17(16)19-7-8-24(3,4)26(19)25/h11-14,19,27H,5-10H2,1-4H3. The summed E-state index contributed by atoms with van der Waals surface area (Å²) in [5.41, 5.74) is 3.40. The quantitative estimate of drug-likeness (QED) is 0.564. The number of carbonyl (C=O) groups is 1. The zero-order valence-corrected chi connectivity index (χ0v) is 18.6. The molecule has 0 radical (unpaired) electrons. The van der Waals surface area contributed by atoms with Crippen molar-refractivity contribution in [1.82, 2.24) is 4.68 Å². The Hall–Kier alpha value is -2.80. The van der Waals surface area contributed by atoms with Gasteiger partial charge in [0.25, 0.3) is 0 Å². The molecule has 2 aromatic rings. The highest BCUT2D eigenvalue weighted by Crippen LogP contribution is 2.49. The first-order valence-corrected chi connectivity index (χ1v) is 10.9. The molecule has 7 heteroatoms. The summed E-state index contributed by atoms with van der Waals surface area (Å²) < 4.78 is 13.0. The first-order chi connectivity index (χ1) is 14.8. The van der Waals surface area contributed by atoms with E-state index in [2.05, 4.69) is 31.0 Å². The fourth-order valence-electron chi connectivity index (χ4n) is 4.75. The second-order valence-electron chi connectivity index (χ2n) is 8.84. The molecule has 1 aromatic carbocycles. The van der Waals surface area contributed by atoms with E-state index in [9.17, 15) is 9.59 Å². The van der Waals surface area contributed by atoms with E-state index in [-0.39, 0.29) is 35.8 Å². The molecule has 7 nitrogen and oxygen atoms in total. The molecule has 4 rings (SSSR count). The number of aliphatic hydroxyl groups is 1. The number of rotatable bonds is 6. The predicted molar refractivity (Wildman–Crippen MR) is 118 cm³/mol. The van der Waals surface area contributed by atoms with Gasteiger partial charge in [-0.3, -0.25) is 14.5 Å². The number of ether oxygens (including phenoxy) is 2. The molecule has 0 amide bonds. The molecular formula is C24H30N2O5. The van der Waals surface area contributed by atoms with Crippen molar-refractivity contribution >= 4 is 5.97 Å². The van der Waals surface area contributed by atoms with E-state index in [0.29, 0.717) is 13.0 Å². The van der Waals surface area contributed by atoms with E-state index < -0.39 is 5.97 Å². The van der Waals surface area contributed by atoms with E-state index >= 15 is 0 Å². The smallest absolute Gasteiger partial charge is 0.343 e. The van der Waals surface area contributed by atoms with E-state index in [1.807, 2.05) is 11.6 Å². The molecular weight excluding hydrogens is 396 g/mol. The number of aliphatic hydroxyl groups excluding tert-OH is 1. The number of hydrogen-bond acceptors (Lipinski definition) is 6. The lowest BCUT2D eigenvalue weighted by Crippen LogP contribution is -2.50. The van der Waals surface area contributed by atoms with Crippen molar-refractivity contribution < 1.29 is 19.4 Å². The topological polar surface area (TPSA) is 81.0 Å². The maximum absolute atomic E-state index is 12.8. The van der Waals surface area contributed by atoms with Crippen LogP contribution < -0.4 is 15.2 Å². The molecule has 1 fully saturated rings. The minimum atomic E-state index is -0.592. The maximum Gasteiger partial charge on any atom is 0.343 e. The summed E-state index contributed by atoms with van der Waals surface area (Å²) in [6.45, 7) is 8.83. The van der Waals surface area contributed by atoms with E-state index in [4.69, 9.17) is 14.6 Å². The molecule has 2 aliphatic heterocycles. The summed E-state index contributed by atoms with van der Waals surface area (Å²) in [6, 6.07) is 5.79. The summed E-state index contributed by atoms with van der Waals surface area (Å²) in [5.74, 6) is 0.210. The van der Waals surface area contributed by atoms with Crippen molar-refractivity contribution in [2.45, 2.75) is 58.5 Å². The average Bonchev–Trinajstić information content (AvgIpc) is 3.04. The molecule has 0 aliphatic carbocycles. The van der Waals surface area contributed by atoms with Crippen molar-refractivity contribution in [3.05, 3.63) is 51.3 Å². The lowest BCUT2D eigenvalue weighted by atomic mass is 9.92. The third-order valence-electron chi connectivity index (χ3n) is 6.25. The van der Waals surface area contributed by atoms with Crippen LogP contribution >= 0.6 is 0 Å². The van der Waals surface area contributed by atoms with Crippen molar-refractivity contribution in [3.8, 4) is 17.0 Å². The van der Waals surface area contributed by atoms with Gasteiger partial charge in [0.15, 0.2) is 5.43 Å². The van der Waals surface area contributed by atoms with Gasteiger partial charge in [0.1, 0.15) is 11.3 Å². The Labute approximate surface area is 182 Å². The first kappa shape index (κ1) is 21.4. The van der Waals surface area contributed by atoms with Crippen LogP contribution in [0.25, 0.3) is 11.3 Å². The van der Waals surface area contributed by atoms with Gasteiger partial charge in [0.2, 0.25) is 0 Å². The lowest BCUT2D eigenvalue weighted by molar-refractivity contribution is 0.0523. The number of esters is 1. The van der Waals surface area contributed by atoms with Gasteiger partial charge in [-0.05, 0) is 63.8 Å². The fraction of sp³-hybridized carbons (Fsp3) is 0.500. The van der Waals surface area contributed by atoms with E-state index in [1.165, 1.54) is 0 Å². The van der Waals surface area contributed by atoms with Crippen molar-refractivity contribution in [2.75, 3.05) is 24.8 Å². The number of aryl methyl sites for hydroxylation is 1. The van der Waals surface area contributed by atoms with Gasteiger partial charge in [0.05, 0.1) is 30.5 Å². The third kappa shape index (κ3) is 3.61. The van der Waals surface area contributed by atoms with Gasteiger partial charge in [-0.2, -0.15) is 0 Å². The minimum Gasteiger partial charge on any atom is -0.493 e. The molecule has 0 saturated carbocycles. The lowest BCUT2D eigenvalue weighted by Gasteiger charge is -2.44. The van der Waals surface area contributed by atoms with Gasteiger partial charge in [-0.25, -0.2) is 4.79 Å². The zero-order chi connectivity index (χ0) is 22.3. The van der Waals surface area contributed by atoms with Gasteiger partial charge in [-0.1, -0.05) is 0 Å². The minimum absolute atomic E-state index is 0.0520. The number of aromatic nitrogens is 1. The molecule has 0 bridgehead atoms. The van der Waals surface area contributed by atoms with Crippen LogP contribution in [0.2, 0.25) is 0 Å². The molecule has 31 heavy (non-hydrogen) atoms. The van der Waals surface area contributed by atoms with Crippen LogP contribution in [-0.4, -0.2) is 41.1 Å². The molecule has 1 unspecified atom stereocenters. The van der Waals surface area contributed by atoms with Gasteiger partial charge in [-0.15, -0.1) is 0 Å². The van der Waals surface area contributed by atoms with Crippen LogP contribution in [0.5, 0.6) is 5.75 Å². The number of nitrogens with zero attached hydrogens (tertiary/aromatic N) is 2. The van der Waals surface area contributed by atoms with Crippen LogP contribution in [-0.2, 0) is 4.74 Å². The summed E-state index contributed by atoms with van der Waals surface area (Å²) in [4.78, 5) is 25.2. The normalized spacial score (nSPS) is 18.2. The van der Waals surface area contributed by atoms with Crippen LogP contribution in [0, 0.1) is 6.92 Å². The molecule has 166 valence electrons. The number of fused-ring (bicyclic) bond motifs is 6. The molecule has 1 aromatic heterocycles. The molecule has 0 spiro atoms. The Balaban J connectivity index is 1.89. The fourth-order valence-corrected chi connectivity index (χ4v) is 4.75. The van der Waals surface area contributed by atoms with Crippen molar-refractivity contribution in [2.24, 2.45) is 0 Å². The van der Waals surface area contributed by atoms with Crippen LogP contribution in [0.15, 0.2) is 29.2 Å². The highest BCUT2D eigenvalue weighted by atomic mass is 16.5. The molecule has 1 saturated heterocycles. The zero-order valence-electron chi connectivity index (χ0n) is 18.6. The molecule has 1 atom stereocenters. The van der Waals surface area contributed by atoms with Crippen molar-refractivity contribution in [3.63, 3.8) is 0 Å². The van der Waals surface area contributed by atoms with Crippen LogP contribution in [0.4, 0.5) is 0 Å². The number of carbonyl (C=O) groups excluding carboxylic acids is 1. The number of benzene rings is 1. The largest absolute Gasteiger partial charge is 0.493 e. The van der Waals surface area contributed by atoms with Gasteiger partial charge in [0, 0.05) is 30.9 Å². The SMILES string of the molecule is CCOC(=O)c1cn2c(cc1=O)-c1cc(C)c(OCCCO)cc1C1CCC(C)(C)N12. The number of hydrogen-bond donors (Lipinski definition) is 1. The maximum atomic E-state index is 12.8. The molecule has 2 aliphatic rings. The summed E-state index contributed by atoms with van der Waals surface area (Å²) in [5, 5.41) is 11.3. The summed E-state index contributed by atoms with van der Waals surface area (Å²) >= 11 is 0. The third-order valence-corrected chi connectivity index (χ3v) is 6.25. The van der Waals surface area contributed by atoms with E-state index in [1.54, 1.807) is 19.2 Å². The monoisotopic (exact) mass is 426 g/mol. The van der Waals surface area contributed by atoms with Gasteiger partial charge >= 0.3 is 5.97 Å². The highest BCUT2D eigenvalue weighted by molar-refractivity contribution is 5.89. The molecule has 1 N–H and O–H groups in total. The molecule has 3 heterocycles. The average molecular weight is 427 g/mol. The Morgan fingerprint density at radius 1 is 1.29 bits per heavy atom.